The maximum absolute atomic E-state index is 12.1. The zero-order valence-electron chi connectivity index (χ0n) is 19.8. The molecular weight excluding hydrogens is 454 g/mol. The highest BCUT2D eigenvalue weighted by Crippen LogP contribution is 2.47. The quantitative estimate of drug-likeness (QED) is 0.292. The fourth-order valence-electron chi connectivity index (χ4n) is 4.62. The van der Waals surface area contributed by atoms with Gasteiger partial charge in [0.1, 0.15) is 18.3 Å². The van der Waals surface area contributed by atoms with Crippen LogP contribution < -0.4 is 0 Å². The van der Waals surface area contributed by atoms with Crippen LogP contribution in [0.25, 0.3) is 0 Å². The molecule has 0 saturated carbocycles. The Labute approximate surface area is 192 Å². The Bertz CT molecular complexity index is 581. The molecule has 11 heteroatoms. The molecule has 0 amide bonds. The van der Waals surface area contributed by atoms with Crippen molar-refractivity contribution in [2.75, 3.05) is 12.9 Å². The van der Waals surface area contributed by atoms with E-state index in [1.54, 1.807) is 6.26 Å². The second kappa shape index (κ2) is 10.7. The van der Waals surface area contributed by atoms with Crippen molar-refractivity contribution in [3.8, 4) is 0 Å². The Hall–Kier alpha value is 0.589. The first-order chi connectivity index (χ1) is 13.9. The molecule has 173 valence electrons. The van der Waals surface area contributed by atoms with E-state index in [0.717, 1.165) is 11.8 Å². The summed E-state index contributed by atoms with van der Waals surface area (Å²) in [5.41, 5.74) is 0.968. The van der Waals surface area contributed by atoms with E-state index in [0.29, 0.717) is 6.61 Å². The van der Waals surface area contributed by atoms with Crippen LogP contribution in [0, 0.1) is 0 Å². The summed E-state index contributed by atoms with van der Waals surface area (Å²) in [6.45, 7) is 19.8. The maximum Gasteiger partial charge on any atom is 0.367 e. The number of rotatable bonds is 6. The molecule has 1 radical (unpaired) electrons. The number of hydrogen-bond acceptors (Lipinski definition) is 7. The molecular formula is C19H39BO6PSSi2. The molecule has 2 aliphatic heterocycles. The van der Waals surface area contributed by atoms with Gasteiger partial charge in [-0.05, 0) is 40.2 Å². The largest absolute Gasteiger partial charge is 0.449 e. The van der Waals surface area contributed by atoms with Gasteiger partial charge in [0.15, 0.2) is 7.00 Å². The van der Waals surface area contributed by atoms with Crippen molar-refractivity contribution in [2.24, 2.45) is 0 Å². The second-order valence-electron chi connectivity index (χ2n) is 9.43. The van der Waals surface area contributed by atoms with Gasteiger partial charge in [-0.1, -0.05) is 55.4 Å². The number of hydrogen-bond donors (Lipinski definition) is 0. The highest BCUT2D eigenvalue weighted by Gasteiger charge is 2.62. The zero-order chi connectivity index (χ0) is 22.9. The minimum absolute atomic E-state index is 0.208. The summed E-state index contributed by atoms with van der Waals surface area (Å²) >= 11 is 1.06. The lowest BCUT2D eigenvalue weighted by atomic mass is 9.91. The van der Waals surface area contributed by atoms with E-state index in [4.69, 9.17) is 22.4 Å². The summed E-state index contributed by atoms with van der Waals surface area (Å²) in [7, 11) is -2.80. The van der Waals surface area contributed by atoms with Crippen LogP contribution in [0.5, 0.6) is 0 Å². The van der Waals surface area contributed by atoms with Crippen molar-refractivity contribution in [3.63, 3.8) is 0 Å². The molecule has 2 unspecified atom stereocenters. The average Bonchev–Trinajstić information content (AvgIpc) is 2.96. The first-order valence-corrected chi connectivity index (χ1v) is 16.8. The van der Waals surface area contributed by atoms with Crippen LogP contribution in [0.2, 0.25) is 22.2 Å². The number of thioether (sulfide) groups is 1. The van der Waals surface area contributed by atoms with Crippen LogP contribution in [0.3, 0.4) is 0 Å². The summed E-state index contributed by atoms with van der Waals surface area (Å²) < 4.78 is 33.0. The highest BCUT2D eigenvalue weighted by molar-refractivity contribution is 8.12. The molecule has 2 aliphatic rings. The van der Waals surface area contributed by atoms with Crippen LogP contribution in [0.15, 0.2) is 0 Å². The molecule has 0 aromatic heterocycles. The molecule has 2 saturated heterocycles. The first-order valence-electron chi connectivity index (χ1n) is 10.9. The van der Waals surface area contributed by atoms with E-state index in [1.165, 1.54) is 0 Å². The number of ether oxygens (including phenoxy) is 2. The highest BCUT2D eigenvalue weighted by atomic mass is 32.2. The zero-order valence-corrected chi connectivity index (χ0v) is 23.8. The number of carbonyl (C=O) groups excluding carboxylic acids is 1. The SMILES string of the molecule is CSC(=O)OC1[C@H]([B]P)O[C@@H]2CO[Si](C(C)C)(C(C)C)O[Si](C(C)C)(C(C)C)O[C@H]12. The third-order valence-electron chi connectivity index (χ3n) is 6.27. The molecule has 0 spiro atoms. The molecule has 5 atom stereocenters. The van der Waals surface area contributed by atoms with Gasteiger partial charge in [-0.25, -0.2) is 4.79 Å². The first kappa shape index (κ1) is 26.8. The van der Waals surface area contributed by atoms with Gasteiger partial charge < -0.3 is 22.4 Å². The van der Waals surface area contributed by atoms with E-state index < -0.39 is 29.3 Å². The maximum atomic E-state index is 12.1. The van der Waals surface area contributed by atoms with Crippen molar-refractivity contribution in [2.45, 2.75) is 102 Å². The summed E-state index contributed by atoms with van der Waals surface area (Å²) in [5, 5.41) is -0.331. The predicted molar refractivity (Wildman–Crippen MR) is 132 cm³/mol. The van der Waals surface area contributed by atoms with Gasteiger partial charge in [0.2, 0.25) is 0 Å². The summed E-state index contributed by atoms with van der Waals surface area (Å²) in [6, 6.07) is -0.358. The minimum atomic E-state index is -2.77. The van der Waals surface area contributed by atoms with Crippen molar-refractivity contribution in [1.29, 1.82) is 0 Å². The van der Waals surface area contributed by atoms with Gasteiger partial charge in [-0.15, -0.1) is 0 Å². The molecule has 6 nitrogen and oxygen atoms in total. The van der Waals surface area contributed by atoms with E-state index in [-0.39, 0.29) is 39.6 Å². The lowest BCUT2D eigenvalue weighted by molar-refractivity contribution is -0.0321. The Balaban J connectivity index is 2.55. The Morgan fingerprint density at radius 2 is 1.57 bits per heavy atom. The topological polar surface area (TPSA) is 63.2 Å². The van der Waals surface area contributed by atoms with Crippen LogP contribution in [-0.2, 0) is 22.4 Å². The fraction of sp³-hybridized carbons (Fsp3) is 0.947. The fourth-order valence-corrected chi connectivity index (χ4v) is 16.3. The lowest BCUT2D eigenvalue weighted by Gasteiger charge is -2.51. The standard InChI is InChI=1S/C19H39BO6PSSi2/c1-11(2)29(12(3)4)22-10-15-16(25-30(26-29,13(5)6)14(7)8)17(18(20-27)23-15)24-19(21)28-9/h11-18H,10,27H2,1-9H3/t15-,16+,17?,18-/m1/s1. The van der Waals surface area contributed by atoms with Crippen LogP contribution in [0.1, 0.15) is 55.4 Å². The monoisotopic (exact) mass is 493 g/mol. The Morgan fingerprint density at radius 3 is 2.00 bits per heavy atom. The van der Waals surface area contributed by atoms with Crippen molar-refractivity contribution >= 4 is 50.3 Å². The third-order valence-corrected chi connectivity index (χ3v) is 17.3. The van der Waals surface area contributed by atoms with Gasteiger partial charge in [0, 0.05) is 0 Å². The van der Waals surface area contributed by atoms with Crippen LogP contribution in [0.4, 0.5) is 4.79 Å². The molecule has 2 fully saturated rings. The molecule has 2 heterocycles. The van der Waals surface area contributed by atoms with Crippen molar-refractivity contribution in [1.82, 2.24) is 0 Å². The normalized spacial score (nSPS) is 31.0. The van der Waals surface area contributed by atoms with E-state index >= 15 is 0 Å². The van der Waals surface area contributed by atoms with Crippen molar-refractivity contribution < 1.29 is 27.2 Å². The van der Waals surface area contributed by atoms with E-state index in [9.17, 15) is 4.79 Å². The predicted octanol–water partition coefficient (Wildman–Crippen LogP) is 5.03. The molecule has 0 bridgehead atoms. The summed E-state index contributed by atoms with van der Waals surface area (Å²) in [6.07, 6.45) is 0.485. The molecule has 2 rings (SSSR count). The van der Waals surface area contributed by atoms with Crippen molar-refractivity contribution in [3.05, 3.63) is 0 Å². The van der Waals surface area contributed by atoms with Crippen LogP contribution in [-0.4, -0.2) is 66.6 Å². The molecule has 0 aliphatic carbocycles. The lowest BCUT2D eigenvalue weighted by Crippen LogP contribution is -2.66. The minimum Gasteiger partial charge on any atom is -0.449 e. The van der Waals surface area contributed by atoms with Gasteiger partial charge in [0.05, 0.1) is 12.6 Å². The molecule has 30 heavy (non-hydrogen) atoms. The van der Waals surface area contributed by atoms with Gasteiger partial charge >= 0.3 is 22.4 Å². The Kier molecular flexibility index (Phi) is 9.55. The van der Waals surface area contributed by atoms with E-state index in [1.807, 2.05) is 7.00 Å². The van der Waals surface area contributed by atoms with Gasteiger partial charge in [-0.3, -0.25) is 0 Å². The summed E-state index contributed by atoms with van der Waals surface area (Å²) in [5.74, 6) is 0. The van der Waals surface area contributed by atoms with Crippen LogP contribution >= 0.6 is 20.9 Å². The second-order valence-corrected chi connectivity index (χ2v) is 19.4. The number of carbonyl (C=O) groups is 1. The third kappa shape index (κ3) is 5.06. The smallest absolute Gasteiger partial charge is 0.367 e. The average molecular weight is 494 g/mol. The van der Waals surface area contributed by atoms with E-state index in [2.05, 4.69) is 64.5 Å². The van der Waals surface area contributed by atoms with Gasteiger partial charge in [-0.2, -0.15) is 9.12 Å². The summed E-state index contributed by atoms with van der Waals surface area (Å²) in [4.78, 5) is 12.1. The molecule has 0 N–H and O–H groups in total. The number of fused-ring (bicyclic) bond motifs is 1. The molecule has 0 aromatic rings. The Morgan fingerprint density at radius 1 is 1.03 bits per heavy atom. The van der Waals surface area contributed by atoms with Gasteiger partial charge in [0.25, 0.3) is 0 Å². The molecule has 0 aromatic carbocycles.